The van der Waals surface area contributed by atoms with Gasteiger partial charge in [-0.2, -0.15) is 0 Å². The van der Waals surface area contributed by atoms with Crippen molar-refractivity contribution in [2.75, 3.05) is 51.5 Å². The first kappa shape index (κ1) is 30.5. The van der Waals surface area contributed by atoms with E-state index in [0.717, 1.165) is 0 Å². The lowest BCUT2D eigenvalue weighted by molar-refractivity contribution is -0.148. The van der Waals surface area contributed by atoms with Crippen LogP contribution in [0.2, 0.25) is 0 Å². The van der Waals surface area contributed by atoms with Gasteiger partial charge in [-0.15, -0.1) is 0 Å². The van der Waals surface area contributed by atoms with Crippen LogP contribution in [0.5, 0.6) is 5.75 Å². The van der Waals surface area contributed by atoms with Gasteiger partial charge in [0.2, 0.25) is 11.7 Å². The number of anilines is 2. The molecule has 0 bridgehead atoms. The van der Waals surface area contributed by atoms with Crippen LogP contribution in [0.25, 0.3) is 0 Å². The van der Waals surface area contributed by atoms with Crippen LogP contribution in [0.1, 0.15) is 36.2 Å². The van der Waals surface area contributed by atoms with E-state index in [1.165, 1.54) is 4.90 Å². The summed E-state index contributed by atoms with van der Waals surface area (Å²) in [6.07, 6.45) is 0.141. The third-order valence-electron chi connectivity index (χ3n) is 9.45. The molecule has 43 heavy (non-hydrogen) atoms. The zero-order chi connectivity index (χ0) is 31.9. The van der Waals surface area contributed by atoms with Gasteiger partial charge >= 0.3 is 0 Å². The Balaban J connectivity index is 1.61. The molecule has 5 rings (SSSR count). The van der Waals surface area contributed by atoms with Crippen molar-refractivity contribution < 1.29 is 39.6 Å². The fourth-order valence-corrected chi connectivity index (χ4v) is 7.13. The maximum Gasteiger partial charge on any atom is 0.255 e. The van der Waals surface area contributed by atoms with E-state index < -0.39 is 63.8 Å². The van der Waals surface area contributed by atoms with Gasteiger partial charge in [-0.3, -0.25) is 29.0 Å². The molecule has 1 unspecified atom stereocenters. The van der Waals surface area contributed by atoms with Gasteiger partial charge in [0, 0.05) is 50.4 Å². The number of nitrogens with one attached hydrogen (secondary N) is 1. The molecule has 13 heteroatoms. The molecule has 4 atom stereocenters. The maximum atomic E-state index is 14.1. The van der Waals surface area contributed by atoms with Crippen molar-refractivity contribution >= 4 is 34.8 Å². The molecule has 232 valence electrons. The second-order valence-electron chi connectivity index (χ2n) is 12.7. The van der Waals surface area contributed by atoms with E-state index in [-0.39, 0.29) is 41.5 Å². The van der Waals surface area contributed by atoms with Crippen LogP contribution >= 0.6 is 0 Å². The summed E-state index contributed by atoms with van der Waals surface area (Å²) in [6.45, 7) is 5.20. The third-order valence-corrected chi connectivity index (χ3v) is 9.45. The summed E-state index contributed by atoms with van der Waals surface area (Å²) in [5.41, 5.74) is 2.48. The summed E-state index contributed by atoms with van der Waals surface area (Å²) in [5.74, 6) is -7.81. The first-order chi connectivity index (χ1) is 20.0. The minimum Gasteiger partial charge on any atom is -0.510 e. The average Bonchev–Trinajstić information content (AvgIpc) is 2.86. The normalized spacial score (nSPS) is 27.6. The Bertz CT molecular complexity index is 1510. The van der Waals surface area contributed by atoms with Gasteiger partial charge in [0.1, 0.15) is 17.1 Å². The van der Waals surface area contributed by atoms with Gasteiger partial charge in [0.05, 0.1) is 23.2 Å². The molecule has 13 nitrogen and oxygen atoms in total. The molecule has 0 saturated carbocycles. The topological polar surface area (TPSA) is 197 Å². The minimum atomic E-state index is -2.72. The lowest BCUT2D eigenvalue weighted by Crippen LogP contribution is -2.63. The Morgan fingerprint density at radius 2 is 1.74 bits per heavy atom. The van der Waals surface area contributed by atoms with Crippen LogP contribution in [-0.4, -0.2) is 113 Å². The van der Waals surface area contributed by atoms with Crippen LogP contribution in [0, 0.1) is 17.8 Å². The van der Waals surface area contributed by atoms with Crippen molar-refractivity contribution in [1.82, 2.24) is 9.80 Å². The highest BCUT2D eigenvalue weighted by Gasteiger charge is 2.63. The zero-order valence-corrected chi connectivity index (χ0v) is 25.1. The van der Waals surface area contributed by atoms with E-state index in [1.54, 1.807) is 39.2 Å². The summed E-state index contributed by atoms with van der Waals surface area (Å²) in [4.78, 5) is 58.2. The first-order valence-electron chi connectivity index (χ1n) is 14.3. The number of carbonyl (C=O) groups is 4. The van der Waals surface area contributed by atoms with E-state index >= 15 is 0 Å². The number of nitrogens with zero attached hydrogens (tertiary/aromatic N) is 3. The van der Waals surface area contributed by atoms with Gasteiger partial charge in [0.25, 0.3) is 5.91 Å². The van der Waals surface area contributed by atoms with Gasteiger partial charge in [-0.05, 0) is 58.3 Å². The predicted molar refractivity (Wildman–Crippen MR) is 157 cm³/mol. The zero-order valence-electron chi connectivity index (χ0n) is 25.1. The fourth-order valence-electron chi connectivity index (χ4n) is 7.13. The number of fused-ring (bicyclic) bond motifs is 3. The minimum absolute atomic E-state index is 0.00802. The number of rotatable bonds is 6. The highest BCUT2D eigenvalue weighted by atomic mass is 16.3. The third kappa shape index (κ3) is 4.40. The van der Waals surface area contributed by atoms with Crippen molar-refractivity contribution in [2.24, 2.45) is 23.5 Å². The highest BCUT2D eigenvalue weighted by Crippen LogP contribution is 2.54. The molecular formula is C30H39N5O8. The number of aromatic hydroxyl groups is 1. The number of allylic oxidation sites excluding steroid dienone is 1. The quantitative estimate of drug-likeness (QED) is 0.197. The van der Waals surface area contributed by atoms with E-state index in [0.29, 0.717) is 30.4 Å². The summed E-state index contributed by atoms with van der Waals surface area (Å²) in [6, 6.07) is 0.829. The molecule has 1 saturated heterocycles. The monoisotopic (exact) mass is 597 g/mol. The number of nitrogens with two attached hydrogens (primary N) is 1. The molecule has 1 aromatic rings. The van der Waals surface area contributed by atoms with Crippen LogP contribution < -0.4 is 16.0 Å². The smallest absolute Gasteiger partial charge is 0.255 e. The van der Waals surface area contributed by atoms with Crippen molar-refractivity contribution in [3.63, 3.8) is 0 Å². The van der Waals surface area contributed by atoms with Crippen LogP contribution in [-0.2, 0) is 20.8 Å². The molecule has 1 heterocycles. The molecule has 1 fully saturated rings. The molecule has 1 aromatic carbocycles. The lowest BCUT2D eigenvalue weighted by atomic mass is 9.58. The molecule has 0 radical (unpaired) electrons. The molecule has 3 aliphatic carbocycles. The number of benzene rings is 1. The van der Waals surface area contributed by atoms with Gasteiger partial charge < -0.3 is 36.4 Å². The number of amides is 2. The number of Topliss-reactive ketones (excluding diaryl/α,β-unsaturated/α-hetero) is 2. The molecule has 0 aromatic heterocycles. The Morgan fingerprint density at radius 1 is 1.12 bits per heavy atom. The number of hydrogen-bond acceptors (Lipinski definition) is 11. The Morgan fingerprint density at radius 3 is 2.28 bits per heavy atom. The number of ketones is 2. The van der Waals surface area contributed by atoms with Crippen LogP contribution in [0.15, 0.2) is 28.7 Å². The Labute approximate surface area is 249 Å². The molecule has 0 spiro atoms. The van der Waals surface area contributed by atoms with E-state index in [2.05, 4.69) is 10.2 Å². The summed E-state index contributed by atoms with van der Waals surface area (Å²) >= 11 is 0. The summed E-state index contributed by atoms with van der Waals surface area (Å²) in [7, 11) is 6.67. The van der Waals surface area contributed by atoms with Crippen molar-refractivity contribution in [3.8, 4) is 5.75 Å². The number of likely N-dealkylation sites (N-methyl/N-ethyl adjacent to an activating group) is 1. The SMILES string of the molecule is CC(C)N1CC(C(=O)Nc2cc(N(C)C)c3c(c2O)C(=O)C2=C(O)[C@]4(O)C(=O)C(C(N)=O)=C(O)[C@@H](N(C)C)[C@@H]4CC2C3)C1. The number of hydrogen-bond donors (Lipinski definition) is 6. The molecule has 7 N–H and O–H groups in total. The molecule has 1 aliphatic heterocycles. The number of likely N-dealkylation sites (tertiary alicyclic amines) is 1. The Hall–Kier alpha value is -3.94. The lowest BCUT2D eigenvalue weighted by Gasteiger charge is -2.50. The van der Waals surface area contributed by atoms with E-state index in [1.807, 2.05) is 13.8 Å². The van der Waals surface area contributed by atoms with Crippen molar-refractivity contribution in [2.45, 2.75) is 44.4 Å². The number of aliphatic hydroxyl groups excluding tert-OH is 2. The van der Waals surface area contributed by atoms with Crippen molar-refractivity contribution in [3.05, 3.63) is 39.9 Å². The molecule has 4 aliphatic rings. The number of phenols is 1. The average molecular weight is 598 g/mol. The van der Waals surface area contributed by atoms with Crippen LogP contribution in [0.3, 0.4) is 0 Å². The second-order valence-corrected chi connectivity index (χ2v) is 12.7. The van der Waals surface area contributed by atoms with E-state index in [9.17, 15) is 39.6 Å². The van der Waals surface area contributed by atoms with Crippen LogP contribution in [0.4, 0.5) is 11.4 Å². The highest BCUT2D eigenvalue weighted by molar-refractivity contribution is 6.25. The second kappa shape index (κ2) is 10.4. The number of primary amides is 1. The predicted octanol–water partition coefficient (Wildman–Crippen LogP) is 0.465. The standard InChI is InChI=1S/C30H39N5O8/c1-12(2)35-10-14(11-35)29(42)32-17-9-18(33(3)4)15-7-13-8-16-22(34(5)6)25(38)21(28(31)41)27(40)30(16,43)26(39)19(13)24(37)20(15)23(17)36/h9,12-14,16,22,36,38-39,43H,7-8,10-11H2,1-6H3,(H2,31,41)(H,32,42)/t13?,16-,22-,30-/m0/s1. The number of phenolic OH excluding ortho intramolecular Hbond substituents is 1. The largest absolute Gasteiger partial charge is 0.510 e. The fraction of sp³-hybridized carbons (Fsp3) is 0.533. The van der Waals surface area contributed by atoms with Crippen molar-refractivity contribution in [1.29, 1.82) is 0 Å². The van der Waals surface area contributed by atoms with E-state index in [4.69, 9.17) is 5.73 Å². The number of carbonyl (C=O) groups excluding carboxylic acids is 4. The maximum absolute atomic E-state index is 14.1. The summed E-state index contributed by atoms with van der Waals surface area (Å²) in [5, 5.41) is 48.4. The summed E-state index contributed by atoms with van der Waals surface area (Å²) < 4.78 is 0. The first-order valence-corrected chi connectivity index (χ1v) is 14.3. The van der Waals surface area contributed by atoms with Gasteiger partial charge in [-0.25, -0.2) is 0 Å². The number of aliphatic hydroxyl groups is 3. The van der Waals surface area contributed by atoms with Gasteiger partial charge in [0.15, 0.2) is 17.1 Å². The molecule has 2 amide bonds. The Kier molecular flexibility index (Phi) is 7.35. The van der Waals surface area contributed by atoms with Gasteiger partial charge in [-0.1, -0.05) is 0 Å². The molecular weight excluding hydrogens is 558 g/mol.